The van der Waals surface area contributed by atoms with Gasteiger partial charge in [0.1, 0.15) is 12.7 Å². The Labute approximate surface area is 438 Å². The molecule has 0 heterocycles. The van der Waals surface area contributed by atoms with Crippen LogP contribution in [0.4, 0.5) is 0 Å². The van der Waals surface area contributed by atoms with Gasteiger partial charge in [0.15, 0.2) is 6.10 Å². The lowest BCUT2D eigenvalue weighted by Gasteiger charge is -2.21. The van der Waals surface area contributed by atoms with E-state index in [1.165, 1.54) is 12.8 Å². The standard InChI is InChI=1S/C60H101O11P/c1-4-7-10-13-16-19-22-24-26-27-28-29-31-33-36-39-42-45-48-51-60(64)71-57(53-67-58(62)49-46-43-40-37-35-32-30-25-23-20-17-14-11-8-5-2)55-69-72(65,66)68-54-56(52-61)70-59(63)50-47-44-41-38-34-21-18-15-12-9-6-3/h7-8,10-11,15-20,24-26,28-30,56-57,61H,4-6,9,12-14,21-23,27,31-55H2,1-3H3,(H,65,66)/b10-7-,11-8-,18-15-,19-16-,20-17-,26-24-,29-28-,30-25-. The van der Waals surface area contributed by atoms with Crippen LogP contribution >= 0.6 is 7.82 Å². The highest BCUT2D eigenvalue weighted by molar-refractivity contribution is 7.47. The Morgan fingerprint density at radius 1 is 0.403 bits per heavy atom. The van der Waals surface area contributed by atoms with Crippen LogP contribution in [0, 0.1) is 0 Å². The van der Waals surface area contributed by atoms with E-state index in [0.717, 1.165) is 154 Å². The van der Waals surface area contributed by atoms with Gasteiger partial charge in [-0.2, -0.15) is 0 Å². The van der Waals surface area contributed by atoms with E-state index in [4.69, 9.17) is 23.3 Å². The number of rotatable bonds is 51. The summed E-state index contributed by atoms with van der Waals surface area (Å²) < 4.78 is 39.4. The number of allylic oxidation sites excluding steroid dienone is 16. The first-order chi connectivity index (χ1) is 35.2. The van der Waals surface area contributed by atoms with E-state index in [1.54, 1.807) is 0 Å². The molecule has 0 spiro atoms. The van der Waals surface area contributed by atoms with Crippen LogP contribution in [0.15, 0.2) is 97.2 Å². The Bertz CT molecular complexity index is 1580. The summed E-state index contributed by atoms with van der Waals surface area (Å²) in [6, 6.07) is 0. The SMILES string of the molecule is CC/C=C\C/C=C\C/C=C\C/C=C\CCCCCCCCC(=O)OC(COC(=O)CCCCCCC/C=C\C/C=C\C/C=C\CC)COP(=O)(O)OCC(CO)OC(=O)CCCCCCC/C=C\CCCC. The fourth-order valence-electron chi connectivity index (χ4n) is 7.22. The maximum Gasteiger partial charge on any atom is 0.472 e. The van der Waals surface area contributed by atoms with E-state index >= 15 is 0 Å². The second kappa shape index (κ2) is 53.7. The van der Waals surface area contributed by atoms with Crippen molar-refractivity contribution in [1.82, 2.24) is 0 Å². The highest BCUT2D eigenvalue weighted by Crippen LogP contribution is 2.43. The molecule has 0 aromatic carbocycles. The third-order valence-electron chi connectivity index (χ3n) is 11.5. The number of hydrogen-bond donors (Lipinski definition) is 2. The molecule has 0 aliphatic heterocycles. The Morgan fingerprint density at radius 3 is 1.12 bits per heavy atom. The quantitative estimate of drug-likeness (QED) is 0.0197. The number of phosphoric ester groups is 1. The molecule has 2 N–H and O–H groups in total. The zero-order chi connectivity index (χ0) is 52.7. The number of carbonyl (C=O) groups is 3. The average Bonchev–Trinajstić information content (AvgIpc) is 3.37. The van der Waals surface area contributed by atoms with Gasteiger partial charge >= 0.3 is 25.7 Å². The van der Waals surface area contributed by atoms with Gasteiger partial charge < -0.3 is 24.2 Å². The molecule has 0 amide bonds. The minimum absolute atomic E-state index is 0.143. The number of phosphoric acid groups is 1. The van der Waals surface area contributed by atoms with Crippen molar-refractivity contribution in [1.29, 1.82) is 0 Å². The topological polar surface area (TPSA) is 155 Å². The summed E-state index contributed by atoms with van der Waals surface area (Å²) in [4.78, 5) is 48.5. The van der Waals surface area contributed by atoms with Gasteiger partial charge in [-0.05, 0) is 109 Å². The number of carbonyl (C=O) groups excluding carboxylic acids is 3. The minimum atomic E-state index is -4.76. The molecule has 0 radical (unpaired) electrons. The van der Waals surface area contributed by atoms with Gasteiger partial charge in [0.05, 0.1) is 19.8 Å². The number of hydrogen-bond acceptors (Lipinski definition) is 10. The molecule has 3 atom stereocenters. The van der Waals surface area contributed by atoms with Crippen molar-refractivity contribution < 1.29 is 52.2 Å². The van der Waals surface area contributed by atoms with Gasteiger partial charge in [-0.1, -0.05) is 195 Å². The number of unbranched alkanes of at least 4 members (excludes halogenated alkanes) is 18. The van der Waals surface area contributed by atoms with E-state index < -0.39 is 57.8 Å². The van der Waals surface area contributed by atoms with Crippen molar-refractivity contribution in [2.75, 3.05) is 26.4 Å². The highest BCUT2D eigenvalue weighted by Gasteiger charge is 2.28. The Balaban J connectivity index is 4.80. The first-order valence-electron chi connectivity index (χ1n) is 28.1. The molecule has 0 bridgehead atoms. The van der Waals surface area contributed by atoms with Crippen LogP contribution in [0.3, 0.4) is 0 Å². The lowest BCUT2D eigenvalue weighted by atomic mass is 10.1. The first-order valence-corrected chi connectivity index (χ1v) is 29.6. The number of aliphatic hydroxyl groups excluding tert-OH is 1. The molecule has 12 heteroatoms. The molecule has 0 aromatic heterocycles. The van der Waals surface area contributed by atoms with Crippen molar-refractivity contribution in [3.63, 3.8) is 0 Å². The summed E-state index contributed by atoms with van der Waals surface area (Å²) in [6.45, 7) is 4.32. The maximum absolute atomic E-state index is 12.9. The molecule has 0 saturated heterocycles. The van der Waals surface area contributed by atoms with Gasteiger partial charge in [0, 0.05) is 19.3 Å². The summed E-state index contributed by atoms with van der Waals surface area (Å²) in [5.74, 6) is -1.52. The van der Waals surface area contributed by atoms with Crippen LogP contribution < -0.4 is 0 Å². The predicted molar refractivity (Wildman–Crippen MR) is 297 cm³/mol. The van der Waals surface area contributed by atoms with E-state index in [9.17, 15) is 28.9 Å². The van der Waals surface area contributed by atoms with Gasteiger partial charge in [-0.3, -0.25) is 23.4 Å². The summed E-state index contributed by atoms with van der Waals surface area (Å²) in [5, 5.41) is 9.79. The molecule has 3 unspecified atom stereocenters. The molecular formula is C60H101O11P. The molecule has 0 fully saturated rings. The van der Waals surface area contributed by atoms with Gasteiger partial charge in [0.25, 0.3) is 0 Å². The third kappa shape index (κ3) is 51.3. The molecule has 0 aliphatic rings. The molecule has 72 heavy (non-hydrogen) atoms. The molecule has 11 nitrogen and oxygen atoms in total. The normalized spacial score (nSPS) is 14.1. The summed E-state index contributed by atoms with van der Waals surface area (Å²) in [6.07, 6.45) is 62.2. The van der Waals surface area contributed by atoms with Gasteiger partial charge in [-0.15, -0.1) is 0 Å². The largest absolute Gasteiger partial charge is 0.472 e. The zero-order valence-electron chi connectivity index (χ0n) is 45.4. The summed E-state index contributed by atoms with van der Waals surface area (Å²) in [5.41, 5.74) is 0. The first kappa shape index (κ1) is 68.4. The fraction of sp³-hybridized carbons (Fsp3) is 0.683. The number of esters is 3. The van der Waals surface area contributed by atoms with E-state index in [2.05, 4.69) is 118 Å². The number of ether oxygens (including phenoxy) is 3. The third-order valence-corrected chi connectivity index (χ3v) is 12.4. The second-order valence-electron chi connectivity index (χ2n) is 18.3. The monoisotopic (exact) mass is 1030 g/mol. The summed E-state index contributed by atoms with van der Waals surface area (Å²) in [7, 11) is -4.76. The van der Waals surface area contributed by atoms with E-state index in [1.807, 2.05) is 0 Å². The van der Waals surface area contributed by atoms with Crippen LogP contribution in [0.25, 0.3) is 0 Å². The molecule has 412 valence electrons. The highest BCUT2D eigenvalue weighted by atomic mass is 31.2. The minimum Gasteiger partial charge on any atom is -0.462 e. The van der Waals surface area contributed by atoms with Crippen molar-refractivity contribution in [2.24, 2.45) is 0 Å². The molecular weight excluding hydrogens is 928 g/mol. The Morgan fingerprint density at radius 2 is 0.722 bits per heavy atom. The van der Waals surface area contributed by atoms with E-state index in [0.29, 0.717) is 19.3 Å². The van der Waals surface area contributed by atoms with Gasteiger partial charge in [-0.25, -0.2) is 4.57 Å². The van der Waals surface area contributed by atoms with Crippen molar-refractivity contribution in [3.05, 3.63) is 97.2 Å². The molecule has 0 aromatic rings. The van der Waals surface area contributed by atoms with Crippen molar-refractivity contribution >= 4 is 25.7 Å². The van der Waals surface area contributed by atoms with Gasteiger partial charge in [0.2, 0.25) is 0 Å². The molecule has 0 rings (SSSR count). The average molecular weight is 1030 g/mol. The van der Waals surface area contributed by atoms with Crippen LogP contribution in [0.1, 0.15) is 226 Å². The predicted octanol–water partition coefficient (Wildman–Crippen LogP) is 16.5. The zero-order valence-corrected chi connectivity index (χ0v) is 46.3. The Hall–Kier alpha value is -3.60. The molecule has 0 saturated carbocycles. The van der Waals surface area contributed by atoms with E-state index in [-0.39, 0.29) is 25.9 Å². The maximum atomic E-state index is 12.9. The second-order valence-corrected chi connectivity index (χ2v) is 19.8. The van der Waals surface area contributed by atoms with Crippen molar-refractivity contribution in [3.8, 4) is 0 Å². The van der Waals surface area contributed by atoms with Crippen molar-refractivity contribution in [2.45, 2.75) is 238 Å². The lowest BCUT2D eigenvalue weighted by Crippen LogP contribution is -2.30. The van der Waals surface area contributed by atoms with Crippen LogP contribution in [0.2, 0.25) is 0 Å². The number of aliphatic hydroxyl groups is 1. The Kier molecular flexibility index (Phi) is 51.0. The fourth-order valence-corrected chi connectivity index (χ4v) is 8.01. The molecule has 0 aliphatic carbocycles. The van der Waals surface area contributed by atoms with Crippen LogP contribution in [-0.4, -0.2) is 66.5 Å². The smallest absolute Gasteiger partial charge is 0.462 e. The van der Waals surface area contributed by atoms with Crippen LogP contribution in [-0.2, 0) is 42.2 Å². The summed E-state index contributed by atoms with van der Waals surface area (Å²) >= 11 is 0. The lowest BCUT2D eigenvalue weighted by molar-refractivity contribution is -0.161. The van der Waals surface area contributed by atoms with Crippen LogP contribution in [0.5, 0.6) is 0 Å².